The normalized spacial score (nSPS) is 30.8. The Bertz CT molecular complexity index is 1960. The molecule has 1 aromatic rings. The third-order valence-corrected chi connectivity index (χ3v) is 12.8. The second kappa shape index (κ2) is 14.2. The number of ether oxygens (including phenoxy) is 5. The smallest absolute Gasteiger partial charge is 0.333 e. The molecule has 3 fully saturated rings. The zero-order valence-electron chi connectivity index (χ0n) is 34.4. The van der Waals surface area contributed by atoms with Gasteiger partial charge >= 0.3 is 5.97 Å². The first kappa shape index (κ1) is 39.3. The minimum Gasteiger partial charge on any atom is -0.495 e. The highest BCUT2D eigenvalue weighted by Crippen LogP contribution is 2.68. The fourth-order valence-electron chi connectivity index (χ4n) is 9.92. The van der Waals surface area contributed by atoms with Crippen LogP contribution in [0.3, 0.4) is 0 Å². The maximum atomic E-state index is 15.3. The second-order valence-electron chi connectivity index (χ2n) is 17.5. The van der Waals surface area contributed by atoms with E-state index in [9.17, 15) is 9.59 Å². The number of rotatable bonds is 11. The fraction of sp³-hybridized carbons (Fsp3) is 0.578. The Labute approximate surface area is 326 Å². The van der Waals surface area contributed by atoms with Gasteiger partial charge in [0.05, 0.1) is 25.4 Å². The summed E-state index contributed by atoms with van der Waals surface area (Å²) in [5, 5.41) is 0. The number of carbonyl (C=O) groups is 3. The van der Waals surface area contributed by atoms with E-state index >= 15 is 4.79 Å². The van der Waals surface area contributed by atoms with Crippen molar-refractivity contribution in [3.05, 3.63) is 69.4 Å². The summed E-state index contributed by atoms with van der Waals surface area (Å²) in [6, 6.07) is 0. The van der Waals surface area contributed by atoms with Crippen LogP contribution in [0.1, 0.15) is 95.6 Å². The molecule has 10 nitrogen and oxygen atoms in total. The highest BCUT2D eigenvalue weighted by molar-refractivity contribution is 6.19. The molecule has 4 aliphatic heterocycles. The summed E-state index contributed by atoms with van der Waals surface area (Å²) >= 11 is 0. The van der Waals surface area contributed by atoms with Crippen LogP contribution in [-0.4, -0.2) is 104 Å². The number of Topliss-reactive ketones (excluding diaryl/α,β-unsaturated/α-hetero) is 2. The molecule has 0 N–H and O–H groups in total. The second-order valence-corrected chi connectivity index (χ2v) is 17.5. The number of esters is 1. The summed E-state index contributed by atoms with van der Waals surface area (Å²) in [4.78, 5) is 47.4. The van der Waals surface area contributed by atoms with E-state index in [4.69, 9.17) is 23.7 Å². The van der Waals surface area contributed by atoms with Crippen LogP contribution in [0.5, 0.6) is 17.2 Å². The Morgan fingerprint density at radius 3 is 2.38 bits per heavy atom. The Morgan fingerprint density at radius 2 is 1.71 bits per heavy atom. The Hall–Kier alpha value is -3.99. The van der Waals surface area contributed by atoms with Crippen molar-refractivity contribution < 1.29 is 38.1 Å². The molecule has 296 valence electrons. The van der Waals surface area contributed by atoms with Crippen LogP contribution in [0.25, 0.3) is 6.08 Å². The van der Waals surface area contributed by atoms with Gasteiger partial charge in [-0.15, -0.1) is 0 Å². The van der Waals surface area contributed by atoms with Gasteiger partial charge in [0.2, 0.25) is 0 Å². The van der Waals surface area contributed by atoms with Crippen molar-refractivity contribution in [2.24, 2.45) is 11.8 Å². The van der Waals surface area contributed by atoms with E-state index in [1.165, 1.54) is 18.3 Å². The number of likely N-dealkylation sites (N-methyl/N-ethyl adjacent to an activating group) is 1. The standard InChI is InChI=1S/C45H58N2O8/c1-27(2)12-11-17-43(7)18-16-32-37(53-43)31(14-13-28(3)26-47-22-20-46(8)21-23-47)39-35(38(32)51-9)36(48)33-24-30-25-34-42(5,6)55-44(40(30)49,45(33,34)54-39)19-15-29(4)41(50)52-10/h12-13,15-16,18,24,30,34H,11,14,17,19-23,25-26H2,1-10H3/b28-13+,29-15-/t30-,34?,43+,44?,45+/m0/s1. The van der Waals surface area contributed by atoms with Gasteiger partial charge in [0.15, 0.2) is 22.8 Å². The number of hydrogen-bond acceptors (Lipinski definition) is 10. The maximum Gasteiger partial charge on any atom is 0.333 e. The van der Waals surface area contributed by atoms with Crippen molar-refractivity contribution in [1.29, 1.82) is 0 Å². The molecule has 7 aliphatic rings. The number of ketones is 2. The fourth-order valence-corrected chi connectivity index (χ4v) is 9.92. The van der Waals surface area contributed by atoms with E-state index in [-0.39, 0.29) is 23.9 Å². The zero-order valence-corrected chi connectivity index (χ0v) is 34.4. The third kappa shape index (κ3) is 6.32. The van der Waals surface area contributed by atoms with Crippen LogP contribution in [-0.2, 0) is 25.5 Å². The molecule has 0 aromatic heterocycles. The highest BCUT2D eigenvalue weighted by Gasteiger charge is 2.81. The van der Waals surface area contributed by atoms with Crippen LogP contribution in [0.2, 0.25) is 0 Å². The lowest BCUT2D eigenvalue weighted by molar-refractivity contribution is -0.171. The molecule has 3 aliphatic carbocycles. The Morgan fingerprint density at radius 1 is 0.982 bits per heavy atom. The molecular weight excluding hydrogens is 697 g/mol. The van der Waals surface area contributed by atoms with Crippen molar-refractivity contribution in [1.82, 2.24) is 9.80 Å². The van der Waals surface area contributed by atoms with Crippen LogP contribution >= 0.6 is 0 Å². The molecule has 2 unspecified atom stereocenters. The number of fused-ring (bicyclic) bond motifs is 2. The summed E-state index contributed by atoms with van der Waals surface area (Å²) in [7, 11) is 5.06. The van der Waals surface area contributed by atoms with Crippen LogP contribution < -0.4 is 14.2 Å². The molecular formula is C45H58N2O8. The Kier molecular flexibility index (Phi) is 10.1. The van der Waals surface area contributed by atoms with Gasteiger partial charge in [0, 0.05) is 67.7 Å². The maximum absolute atomic E-state index is 15.3. The minimum absolute atomic E-state index is 0.0479. The van der Waals surface area contributed by atoms with Crippen molar-refractivity contribution in [2.75, 3.05) is 54.0 Å². The quantitative estimate of drug-likeness (QED) is 0.135. The third-order valence-electron chi connectivity index (χ3n) is 12.8. The summed E-state index contributed by atoms with van der Waals surface area (Å²) in [5.74, 6) is -0.323. The molecule has 55 heavy (non-hydrogen) atoms. The van der Waals surface area contributed by atoms with E-state index in [1.807, 2.05) is 26.0 Å². The predicted molar refractivity (Wildman–Crippen MR) is 212 cm³/mol. The van der Waals surface area contributed by atoms with Gasteiger partial charge in [-0.25, -0.2) is 4.79 Å². The van der Waals surface area contributed by atoms with Gasteiger partial charge in [0.1, 0.15) is 28.4 Å². The Balaban J connectivity index is 1.41. The van der Waals surface area contributed by atoms with E-state index < -0.39 is 34.3 Å². The number of carbonyl (C=O) groups excluding carboxylic acids is 3. The molecule has 1 aromatic carbocycles. The number of methoxy groups -OCH3 is 2. The number of piperazine rings is 1. The van der Waals surface area contributed by atoms with E-state index in [0.717, 1.165) is 51.1 Å². The van der Waals surface area contributed by atoms with Crippen molar-refractivity contribution in [2.45, 2.75) is 103 Å². The van der Waals surface area contributed by atoms with E-state index in [2.05, 4.69) is 62.8 Å². The summed E-state index contributed by atoms with van der Waals surface area (Å²) < 4.78 is 32.6. The highest BCUT2D eigenvalue weighted by atomic mass is 16.6. The van der Waals surface area contributed by atoms with Gasteiger partial charge in [0.25, 0.3) is 0 Å². The largest absolute Gasteiger partial charge is 0.495 e. The van der Waals surface area contributed by atoms with Crippen LogP contribution in [0, 0.1) is 11.8 Å². The number of allylic oxidation sites excluding steroid dienone is 4. The molecule has 0 radical (unpaired) electrons. The van der Waals surface area contributed by atoms with Gasteiger partial charge in [-0.05, 0) is 93.3 Å². The molecule has 4 heterocycles. The monoisotopic (exact) mass is 754 g/mol. The molecule has 0 amide bonds. The number of nitrogens with zero attached hydrogens (tertiary/aromatic N) is 2. The van der Waals surface area contributed by atoms with Gasteiger partial charge < -0.3 is 28.6 Å². The lowest BCUT2D eigenvalue weighted by Crippen LogP contribution is -2.72. The van der Waals surface area contributed by atoms with Crippen molar-refractivity contribution in [3.8, 4) is 17.2 Å². The average molecular weight is 755 g/mol. The predicted octanol–water partition coefficient (Wildman–Crippen LogP) is 6.86. The zero-order chi connectivity index (χ0) is 39.7. The summed E-state index contributed by atoms with van der Waals surface area (Å²) in [5.41, 5.74) is 0.579. The first-order valence-electron chi connectivity index (χ1n) is 19.8. The summed E-state index contributed by atoms with van der Waals surface area (Å²) in [6.45, 7) is 18.9. The number of hydrogen-bond donors (Lipinski definition) is 0. The molecule has 2 saturated heterocycles. The molecule has 4 bridgehead atoms. The topological polar surface area (TPSA) is 104 Å². The van der Waals surface area contributed by atoms with Crippen LogP contribution in [0.4, 0.5) is 0 Å². The molecule has 5 atom stereocenters. The minimum atomic E-state index is -1.55. The summed E-state index contributed by atoms with van der Waals surface area (Å²) in [6.07, 6.45) is 14.6. The average Bonchev–Trinajstić information content (AvgIpc) is 3.29. The molecule has 8 rings (SSSR count). The molecule has 1 spiro atoms. The van der Waals surface area contributed by atoms with Gasteiger partial charge in [-0.2, -0.15) is 0 Å². The van der Waals surface area contributed by atoms with E-state index in [1.54, 1.807) is 20.1 Å². The first-order valence-corrected chi connectivity index (χ1v) is 19.8. The van der Waals surface area contributed by atoms with Gasteiger partial charge in [-0.3, -0.25) is 14.5 Å². The first-order chi connectivity index (χ1) is 26.0. The van der Waals surface area contributed by atoms with Gasteiger partial charge in [-0.1, -0.05) is 35.5 Å². The van der Waals surface area contributed by atoms with Crippen LogP contribution in [0.15, 0.2) is 52.7 Å². The number of benzene rings is 1. The van der Waals surface area contributed by atoms with Crippen molar-refractivity contribution >= 4 is 23.6 Å². The molecule has 10 heteroatoms. The van der Waals surface area contributed by atoms with Crippen molar-refractivity contribution in [3.63, 3.8) is 0 Å². The lowest BCUT2D eigenvalue weighted by atomic mass is 9.51. The SMILES string of the molecule is COC(=O)/C(C)=C\CC12OC(C)(C)C3C[C@H](C=C4C(=O)c5c(OC)c6c(c(C/C=C(\C)CN7CCN(C)CC7)c5O[C@]431)O[C@](C)(CCC=C(C)C)C=C6)C2=O. The lowest BCUT2D eigenvalue weighted by Gasteiger charge is -2.56. The van der Waals surface area contributed by atoms with E-state index in [0.29, 0.717) is 52.4 Å². The molecule has 1 saturated carbocycles.